The highest BCUT2D eigenvalue weighted by Gasteiger charge is 2.50. The van der Waals surface area contributed by atoms with E-state index >= 15 is 0 Å². The summed E-state index contributed by atoms with van der Waals surface area (Å²) in [5, 5.41) is 0. The summed E-state index contributed by atoms with van der Waals surface area (Å²) in [5.74, 6) is 0.374. The Morgan fingerprint density at radius 3 is 1.79 bits per heavy atom. The van der Waals surface area contributed by atoms with Crippen LogP contribution in [0.5, 0.6) is 0 Å². The number of amides is 1. The van der Waals surface area contributed by atoms with Crippen LogP contribution in [0.4, 0.5) is 0 Å². The van der Waals surface area contributed by atoms with Gasteiger partial charge in [0.05, 0.1) is 0 Å². The third kappa shape index (κ3) is 1.35. The lowest BCUT2D eigenvalue weighted by molar-refractivity contribution is -0.148. The molecule has 0 aromatic carbocycles. The maximum absolute atomic E-state index is 12.1. The molecule has 2 bridgehead atoms. The number of carbonyl (C=O) groups is 1. The van der Waals surface area contributed by atoms with E-state index < -0.39 is 0 Å². The fourth-order valence-electron chi connectivity index (χ4n) is 3.17. The number of fused-ring (bicyclic) bond motifs is 3. The van der Waals surface area contributed by atoms with Crippen molar-refractivity contribution >= 4 is 5.91 Å². The van der Waals surface area contributed by atoms with Crippen LogP contribution in [0, 0.1) is 10.8 Å². The number of hydrogen-bond donors (Lipinski definition) is 0. The molecule has 3 fully saturated rings. The molecule has 0 aliphatic heterocycles. The van der Waals surface area contributed by atoms with Crippen molar-refractivity contribution in [1.29, 1.82) is 0 Å². The molecule has 0 aromatic heterocycles. The van der Waals surface area contributed by atoms with E-state index in [1.807, 2.05) is 14.1 Å². The zero-order valence-corrected chi connectivity index (χ0v) is 9.60. The largest absolute Gasteiger partial charge is 0.348 e. The van der Waals surface area contributed by atoms with Crippen LogP contribution >= 0.6 is 0 Å². The Bertz CT molecular complexity index is 233. The Morgan fingerprint density at radius 2 is 1.43 bits per heavy atom. The van der Waals surface area contributed by atoms with E-state index in [9.17, 15) is 4.79 Å². The predicted octanol–water partition coefficient (Wildman–Crippen LogP) is 2.44. The van der Waals surface area contributed by atoms with Gasteiger partial charge in [0.25, 0.3) is 0 Å². The zero-order valence-electron chi connectivity index (χ0n) is 9.60. The maximum Gasteiger partial charge on any atom is 0.228 e. The van der Waals surface area contributed by atoms with Gasteiger partial charge in [-0.05, 0) is 43.9 Å². The maximum atomic E-state index is 12.1. The summed E-state index contributed by atoms with van der Waals surface area (Å²) in [7, 11) is 3.78. The highest BCUT2D eigenvalue weighted by molar-refractivity contribution is 5.82. The molecule has 3 saturated carbocycles. The minimum Gasteiger partial charge on any atom is -0.348 e. The molecular formula is C12H21NO. The fraction of sp³-hybridized carbons (Fsp3) is 0.917. The minimum atomic E-state index is 0.0290. The molecule has 3 rings (SSSR count). The molecule has 0 aromatic rings. The van der Waals surface area contributed by atoms with Crippen LogP contribution in [0.2, 0.25) is 0 Å². The van der Waals surface area contributed by atoms with Crippen LogP contribution in [-0.2, 0) is 4.79 Å². The molecule has 1 amide bonds. The van der Waals surface area contributed by atoms with E-state index in [-0.39, 0.29) is 5.41 Å². The summed E-state index contributed by atoms with van der Waals surface area (Å²) in [4.78, 5) is 13.9. The van der Waals surface area contributed by atoms with Gasteiger partial charge >= 0.3 is 0 Å². The molecule has 3 aliphatic rings. The van der Waals surface area contributed by atoms with Crippen LogP contribution in [0.3, 0.4) is 0 Å². The quantitative estimate of drug-likeness (QED) is 0.629. The normalized spacial score (nSPS) is 41.1. The summed E-state index contributed by atoms with van der Waals surface area (Å²) < 4.78 is 0. The molecule has 3 aliphatic carbocycles. The van der Waals surface area contributed by atoms with Crippen molar-refractivity contribution in [2.45, 2.75) is 45.4 Å². The molecule has 2 heteroatoms. The lowest BCUT2D eigenvalue weighted by Crippen LogP contribution is -2.48. The second kappa shape index (κ2) is 2.98. The van der Waals surface area contributed by atoms with Crippen LogP contribution in [0.1, 0.15) is 45.4 Å². The number of hydrogen-bond acceptors (Lipinski definition) is 1. The number of rotatable bonds is 1. The van der Waals surface area contributed by atoms with Crippen molar-refractivity contribution in [3.05, 3.63) is 0 Å². The molecule has 0 atom stereocenters. The Morgan fingerprint density at radius 1 is 1.00 bits per heavy atom. The van der Waals surface area contributed by atoms with Crippen LogP contribution in [0.15, 0.2) is 0 Å². The van der Waals surface area contributed by atoms with Gasteiger partial charge in [-0.3, -0.25) is 4.79 Å². The van der Waals surface area contributed by atoms with Crippen molar-refractivity contribution in [3.8, 4) is 0 Å². The van der Waals surface area contributed by atoms with E-state index in [1.54, 1.807) is 4.90 Å². The molecule has 80 valence electrons. The third-order valence-corrected chi connectivity index (χ3v) is 4.48. The monoisotopic (exact) mass is 195 g/mol. The first-order valence-corrected chi connectivity index (χ1v) is 5.69. The van der Waals surface area contributed by atoms with Crippen molar-refractivity contribution in [1.82, 2.24) is 4.90 Å². The Kier molecular flexibility index (Phi) is 2.13. The van der Waals surface area contributed by atoms with Gasteiger partial charge in [0.1, 0.15) is 0 Å². The van der Waals surface area contributed by atoms with Crippen molar-refractivity contribution in [3.63, 3.8) is 0 Å². The van der Waals surface area contributed by atoms with Gasteiger partial charge in [-0.25, -0.2) is 0 Å². The number of nitrogens with zero attached hydrogens (tertiary/aromatic N) is 1. The van der Waals surface area contributed by atoms with Gasteiger partial charge in [-0.1, -0.05) is 6.92 Å². The van der Waals surface area contributed by atoms with Gasteiger partial charge in [0.2, 0.25) is 5.91 Å². The molecule has 0 saturated heterocycles. The lowest BCUT2D eigenvalue weighted by Gasteiger charge is -2.51. The second-order valence-electron chi connectivity index (χ2n) is 5.79. The van der Waals surface area contributed by atoms with Crippen molar-refractivity contribution < 1.29 is 4.79 Å². The molecular weight excluding hydrogens is 174 g/mol. The average Bonchev–Trinajstić information content (AvgIpc) is 2.18. The average molecular weight is 195 g/mol. The molecule has 0 N–H and O–H groups in total. The fourth-order valence-corrected chi connectivity index (χ4v) is 3.17. The summed E-state index contributed by atoms with van der Waals surface area (Å²) in [6, 6.07) is 0. The van der Waals surface area contributed by atoms with E-state index in [0.717, 1.165) is 19.3 Å². The number of carbonyl (C=O) groups excluding carboxylic acids is 1. The van der Waals surface area contributed by atoms with E-state index in [4.69, 9.17) is 0 Å². The van der Waals surface area contributed by atoms with E-state index in [0.29, 0.717) is 11.3 Å². The molecule has 14 heavy (non-hydrogen) atoms. The van der Waals surface area contributed by atoms with Crippen LogP contribution in [-0.4, -0.2) is 24.9 Å². The van der Waals surface area contributed by atoms with Gasteiger partial charge in [0.15, 0.2) is 0 Å². The first kappa shape index (κ1) is 10.0. The smallest absolute Gasteiger partial charge is 0.228 e. The first-order valence-electron chi connectivity index (χ1n) is 5.69. The highest BCUT2D eigenvalue weighted by atomic mass is 16.2. The molecule has 2 nitrogen and oxygen atoms in total. The zero-order chi connectivity index (χ0) is 10.4. The third-order valence-electron chi connectivity index (χ3n) is 4.48. The summed E-state index contributed by atoms with van der Waals surface area (Å²) in [5.41, 5.74) is 0.593. The summed E-state index contributed by atoms with van der Waals surface area (Å²) in [6.07, 6.45) is 7.15. The van der Waals surface area contributed by atoms with Crippen LogP contribution in [0.25, 0.3) is 0 Å². The van der Waals surface area contributed by atoms with Gasteiger partial charge in [-0.2, -0.15) is 0 Å². The molecule has 0 unspecified atom stereocenters. The Hall–Kier alpha value is -0.530. The standard InChI is InChI=1S/C12H21NO/c1-11-4-7-12(8-5-11,9-6-11)10(14)13(2)3/h4-9H2,1-3H3. The molecule has 0 heterocycles. The highest BCUT2D eigenvalue weighted by Crippen LogP contribution is 2.57. The molecule has 0 radical (unpaired) electrons. The SMILES string of the molecule is CN(C)C(=O)C12CCC(C)(CC1)CC2. The predicted molar refractivity (Wildman–Crippen MR) is 56.9 cm³/mol. The van der Waals surface area contributed by atoms with Gasteiger partial charge in [0, 0.05) is 19.5 Å². The molecule has 0 spiro atoms. The second-order valence-corrected chi connectivity index (χ2v) is 5.79. The minimum absolute atomic E-state index is 0.0290. The lowest BCUT2D eigenvalue weighted by atomic mass is 9.54. The summed E-state index contributed by atoms with van der Waals surface area (Å²) in [6.45, 7) is 2.39. The van der Waals surface area contributed by atoms with Gasteiger partial charge < -0.3 is 4.90 Å². The van der Waals surface area contributed by atoms with Crippen LogP contribution < -0.4 is 0 Å². The van der Waals surface area contributed by atoms with Gasteiger partial charge in [-0.15, -0.1) is 0 Å². The van der Waals surface area contributed by atoms with E-state index in [1.165, 1.54) is 19.3 Å². The first-order chi connectivity index (χ1) is 6.48. The Balaban J connectivity index is 2.16. The van der Waals surface area contributed by atoms with Crippen molar-refractivity contribution in [2.24, 2.45) is 10.8 Å². The van der Waals surface area contributed by atoms with Crippen molar-refractivity contribution in [2.75, 3.05) is 14.1 Å². The van der Waals surface area contributed by atoms with E-state index in [2.05, 4.69) is 6.92 Å². The topological polar surface area (TPSA) is 20.3 Å². The summed E-state index contributed by atoms with van der Waals surface area (Å²) >= 11 is 0. The Labute approximate surface area is 86.7 Å².